The van der Waals surface area contributed by atoms with Crippen molar-refractivity contribution >= 4 is 11.7 Å². The molecule has 1 atom stereocenters. The summed E-state index contributed by atoms with van der Waals surface area (Å²) in [4.78, 5) is 16.9. The third-order valence-corrected chi connectivity index (χ3v) is 7.00. The maximum Gasteiger partial charge on any atom is 0.263 e. The number of nitrogens with one attached hydrogen (secondary N) is 2. The fraction of sp³-hybridized carbons (Fsp3) is 0.591. The van der Waals surface area contributed by atoms with Crippen LogP contribution in [0.15, 0.2) is 30.1 Å². The fourth-order valence-corrected chi connectivity index (χ4v) is 6.05. The first-order valence-corrected chi connectivity index (χ1v) is 10.1. The average molecular weight is 364 g/mol. The molecule has 142 valence electrons. The van der Waals surface area contributed by atoms with Crippen molar-refractivity contribution in [3.05, 3.63) is 35.7 Å². The molecule has 4 aliphatic carbocycles. The summed E-state index contributed by atoms with van der Waals surface area (Å²) < 4.78 is 0. The number of nitriles is 1. The van der Waals surface area contributed by atoms with E-state index in [1.54, 1.807) is 6.20 Å². The van der Waals surface area contributed by atoms with E-state index in [0.717, 1.165) is 23.3 Å². The van der Waals surface area contributed by atoms with E-state index in [1.807, 2.05) is 25.1 Å². The maximum absolute atomic E-state index is 12.7. The summed E-state index contributed by atoms with van der Waals surface area (Å²) in [6.07, 6.45) is 11.0. The molecule has 5 nitrogen and oxygen atoms in total. The normalized spacial score (nSPS) is 32.6. The van der Waals surface area contributed by atoms with Gasteiger partial charge in [0.15, 0.2) is 0 Å². The first-order valence-electron chi connectivity index (χ1n) is 10.1. The monoisotopic (exact) mass is 364 g/mol. The van der Waals surface area contributed by atoms with Crippen molar-refractivity contribution in [2.75, 3.05) is 5.32 Å². The molecule has 27 heavy (non-hydrogen) atoms. The summed E-state index contributed by atoms with van der Waals surface area (Å²) in [5.41, 5.74) is 1.39. The molecule has 1 aromatic rings. The van der Waals surface area contributed by atoms with Crippen molar-refractivity contribution in [2.24, 2.45) is 23.2 Å². The number of rotatable bonds is 5. The second-order valence-electron chi connectivity index (χ2n) is 9.01. The Balaban J connectivity index is 1.43. The Morgan fingerprint density at radius 1 is 1.30 bits per heavy atom. The molecular formula is C22H28N4O. The summed E-state index contributed by atoms with van der Waals surface area (Å²) in [6, 6.07) is 5.91. The highest BCUT2D eigenvalue weighted by molar-refractivity contribution is 5.97. The van der Waals surface area contributed by atoms with Crippen LogP contribution in [0.3, 0.4) is 0 Å². The number of pyridine rings is 1. The van der Waals surface area contributed by atoms with Gasteiger partial charge in [0.2, 0.25) is 0 Å². The van der Waals surface area contributed by atoms with Crippen molar-refractivity contribution in [1.82, 2.24) is 10.3 Å². The van der Waals surface area contributed by atoms with Crippen molar-refractivity contribution in [2.45, 2.75) is 58.4 Å². The number of hydrogen-bond acceptors (Lipinski definition) is 4. The van der Waals surface area contributed by atoms with E-state index in [9.17, 15) is 10.1 Å². The van der Waals surface area contributed by atoms with Gasteiger partial charge in [-0.25, -0.2) is 4.98 Å². The van der Waals surface area contributed by atoms with Crippen LogP contribution in [0.25, 0.3) is 0 Å². The Labute approximate surface area is 161 Å². The molecule has 5 heteroatoms. The zero-order valence-electron chi connectivity index (χ0n) is 16.2. The highest BCUT2D eigenvalue weighted by atomic mass is 16.1. The van der Waals surface area contributed by atoms with Gasteiger partial charge in [0.05, 0.1) is 0 Å². The molecule has 4 saturated carbocycles. The lowest BCUT2D eigenvalue weighted by atomic mass is 9.48. The molecule has 5 rings (SSSR count). The van der Waals surface area contributed by atoms with E-state index in [0.29, 0.717) is 5.82 Å². The second-order valence-corrected chi connectivity index (χ2v) is 9.01. The molecule has 4 fully saturated rings. The first-order chi connectivity index (χ1) is 13.0. The lowest BCUT2D eigenvalue weighted by molar-refractivity contribution is -0.122. The van der Waals surface area contributed by atoms with Crippen LogP contribution in [0.5, 0.6) is 0 Å². The van der Waals surface area contributed by atoms with Crippen LogP contribution in [-0.4, -0.2) is 16.9 Å². The van der Waals surface area contributed by atoms with E-state index >= 15 is 0 Å². The van der Waals surface area contributed by atoms with Crippen molar-refractivity contribution in [1.29, 1.82) is 5.26 Å². The number of amides is 1. The lowest BCUT2D eigenvalue weighted by Gasteiger charge is -2.59. The predicted octanol–water partition coefficient (Wildman–Crippen LogP) is 3.93. The third-order valence-electron chi connectivity index (χ3n) is 7.00. The molecule has 0 saturated heterocycles. The molecule has 1 aromatic heterocycles. The molecule has 1 heterocycles. The Hall–Kier alpha value is -2.35. The number of carbonyl (C=O) groups is 1. The van der Waals surface area contributed by atoms with E-state index in [4.69, 9.17) is 0 Å². The van der Waals surface area contributed by atoms with Crippen LogP contribution >= 0.6 is 0 Å². The van der Waals surface area contributed by atoms with Gasteiger partial charge < -0.3 is 10.6 Å². The Kier molecular flexibility index (Phi) is 4.67. The Morgan fingerprint density at radius 3 is 2.48 bits per heavy atom. The van der Waals surface area contributed by atoms with Gasteiger partial charge in [-0.15, -0.1) is 0 Å². The van der Waals surface area contributed by atoms with Gasteiger partial charge in [-0.3, -0.25) is 4.79 Å². The smallest absolute Gasteiger partial charge is 0.263 e. The number of nitrogens with zero attached hydrogens (tertiary/aromatic N) is 2. The quantitative estimate of drug-likeness (QED) is 0.613. The molecule has 1 amide bonds. The van der Waals surface area contributed by atoms with E-state index in [-0.39, 0.29) is 22.9 Å². The molecule has 0 spiro atoms. The van der Waals surface area contributed by atoms with Gasteiger partial charge in [-0.05, 0) is 93.2 Å². The van der Waals surface area contributed by atoms with Crippen molar-refractivity contribution in [3.8, 4) is 6.07 Å². The van der Waals surface area contributed by atoms with E-state index in [2.05, 4.69) is 22.5 Å². The summed E-state index contributed by atoms with van der Waals surface area (Å²) in [5.74, 6) is 2.87. The SMILES string of the molecule is Cc1ccnc(N/C=C(/C#N)C(=O)NC(C)C23CC4CC(CC(C4)C2)C3)c1. The van der Waals surface area contributed by atoms with Crippen LogP contribution in [0.2, 0.25) is 0 Å². The minimum absolute atomic E-state index is 0.0925. The van der Waals surface area contributed by atoms with Gasteiger partial charge in [0.1, 0.15) is 17.5 Å². The van der Waals surface area contributed by atoms with Crippen molar-refractivity contribution < 1.29 is 4.79 Å². The topological polar surface area (TPSA) is 77.8 Å². The molecule has 0 aliphatic heterocycles. The summed E-state index contributed by atoms with van der Waals surface area (Å²) in [7, 11) is 0. The summed E-state index contributed by atoms with van der Waals surface area (Å²) >= 11 is 0. The van der Waals surface area contributed by atoms with Gasteiger partial charge in [0.25, 0.3) is 5.91 Å². The fourth-order valence-electron chi connectivity index (χ4n) is 6.05. The highest BCUT2D eigenvalue weighted by Crippen LogP contribution is 2.61. The van der Waals surface area contributed by atoms with Crippen LogP contribution in [0.4, 0.5) is 5.82 Å². The predicted molar refractivity (Wildman–Crippen MR) is 105 cm³/mol. The first kappa shape index (κ1) is 18.0. The van der Waals surface area contributed by atoms with Gasteiger partial charge in [0, 0.05) is 18.4 Å². The largest absolute Gasteiger partial charge is 0.348 e. The van der Waals surface area contributed by atoms with Crippen LogP contribution in [0, 0.1) is 41.4 Å². The maximum atomic E-state index is 12.7. The Morgan fingerprint density at radius 2 is 1.93 bits per heavy atom. The zero-order chi connectivity index (χ0) is 19.0. The number of hydrogen-bond donors (Lipinski definition) is 2. The van der Waals surface area contributed by atoms with Gasteiger partial charge >= 0.3 is 0 Å². The Bertz CT molecular complexity index is 771. The van der Waals surface area contributed by atoms with E-state index in [1.165, 1.54) is 44.7 Å². The molecule has 4 aliphatic rings. The molecule has 0 radical (unpaired) electrons. The number of aryl methyl sites for hydroxylation is 1. The lowest BCUT2D eigenvalue weighted by Crippen LogP contribution is -2.56. The minimum Gasteiger partial charge on any atom is -0.348 e. The summed E-state index contributed by atoms with van der Waals surface area (Å²) in [6.45, 7) is 4.11. The molecule has 1 unspecified atom stereocenters. The average Bonchev–Trinajstić information content (AvgIpc) is 2.61. The van der Waals surface area contributed by atoms with Gasteiger partial charge in [-0.1, -0.05) is 0 Å². The minimum atomic E-state index is -0.291. The third kappa shape index (κ3) is 3.58. The molecule has 2 N–H and O–H groups in total. The van der Waals surface area contributed by atoms with Crippen LogP contribution in [0.1, 0.15) is 51.0 Å². The second kappa shape index (κ2) is 6.99. The highest BCUT2D eigenvalue weighted by Gasteiger charge is 2.53. The van der Waals surface area contributed by atoms with Crippen LogP contribution in [-0.2, 0) is 4.79 Å². The molecule has 4 bridgehead atoms. The standard InChI is InChI=1S/C22H28N4O/c1-14-3-4-24-20(5-14)25-13-19(12-23)21(27)26-15(2)22-9-16-6-17(10-22)8-18(7-16)11-22/h3-5,13,15-18H,6-11H2,1-2H3,(H,24,25)(H,26,27)/b19-13-. The van der Waals surface area contributed by atoms with Gasteiger partial charge in [-0.2, -0.15) is 5.26 Å². The molecular weight excluding hydrogens is 336 g/mol. The van der Waals surface area contributed by atoms with Crippen LogP contribution < -0.4 is 10.6 Å². The summed E-state index contributed by atoms with van der Waals surface area (Å²) in [5, 5.41) is 15.6. The van der Waals surface area contributed by atoms with Crippen molar-refractivity contribution in [3.63, 3.8) is 0 Å². The number of aromatic nitrogens is 1. The number of carbonyl (C=O) groups excluding carboxylic acids is 1. The van der Waals surface area contributed by atoms with E-state index < -0.39 is 0 Å². The zero-order valence-corrected chi connectivity index (χ0v) is 16.2. The number of anilines is 1. The molecule has 0 aromatic carbocycles.